The van der Waals surface area contributed by atoms with Gasteiger partial charge in [-0.15, -0.1) is 0 Å². The molecule has 7 heteroatoms. The fourth-order valence-corrected chi connectivity index (χ4v) is 3.07. The molecule has 0 bridgehead atoms. The van der Waals surface area contributed by atoms with Gasteiger partial charge in [0, 0.05) is 35.1 Å². The van der Waals surface area contributed by atoms with Crippen molar-refractivity contribution in [3.05, 3.63) is 94.8 Å². The largest absolute Gasteiger partial charge is 0.352 e. The summed E-state index contributed by atoms with van der Waals surface area (Å²) in [5, 5.41) is 6.23. The predicted octanol–water partition coefficient (Wildman–Crippen LogP) is 5.65. The molecule has 0 aliphatic heterocycles. The van der Waals surface area contributed by atoms with Crippen LogP contribution in [0.15, 0.2) is 72.8 Å². The number of rotatable bonds is 7. The van der Waals surface area contributed by atoms with Gasteiger partial charge in [0.1, 0.15) is 5.82 Å². The lowest BCUT2D eigenvalue weighted by molar-refractivity contribution is 0.0953. The van der Waals surface area contributed by atoms with Crippen molar-refractivity contribution in [1.82, 2.24) is 5.32 Å². The van der Waals surface area contributed by atoms with Crippen molar-refractivity contribution in [3.8, 4) is 0 Å². The van der Waals surface area contributed by atoms with Gasteiger partial charge in [-0.2, -0.15) is 0 Å². The van der Waals surface area contributed by atoms with Crippen molar-refractivity contribution >= 4 is 34.9 Å². The van der Waals surface area contributed by atoms with Crippen LogP contribution in [0.25, 0.3) is 0 Å². The number of hydrogen-bond acceptors (Lipinski definition) is 2. The summed E-state index contributed by atoms with van der Waals surface area (Å²) in [5.41, 5.74) is 2.81. The third kappa shape index (κ3) is 6.55. The minimum atomic E-state index is -0.382. The highest BCUT2D eigenvalue weighted by atomic mass is 35.5. The molecule has 3 amide bonds. The first-order chi connectivity index (χ1) is 14.9. The van der Waals surface area contributed by atoms with Gasteiger partial charge in [-0.1, -0.05) is 29.3 Å². The summed E-state index contributed by atoms with van der Waals surface area (Å²) in [5.74, 6) is -0.550. The van der Waals surface area contributed by atoms with Crippen LogP contribution in [0.3, 0.4) is 0 Å². The van der Waals surface area contributed by atoms with Crippen molar-refractivity contribution in [2.24, 2.45) is 0 Å². The average molecular weight is 440 g/mol. The van der Waals surface area contributed by atoms with E-state index in [2.05, 4.69) is 10.6 Å². The van der Waals surface area contributed by atoms with Crippen LogP contribution in [0, 0.1) is 12.7 Å². The standard InChI is InChI=1S/C24H23ClFN3O2/c1-17-3-5-18(6-4-17)23(30)27-15-2-16-29(22-13-9-20(26)10-14-22)24(31)28-21-11-7-19(25)8-12-21/h3-14H,2,15-16H2,1H3,(H,27,30)(H,28,31). The van der Waals surface area contributed by atoms with Crippen LogP contribution >= 0.6 is 11.6 Å². The SMILES string of the molecule is Cc1ccc(C(=O)NCCCN(C(=O)Nc2ccc(Cl)cc2)c2ccc(F)cc2)cc1. The molecule has 0 unspecified atom stereocenters. The molecule has 0 aromatic heterocycles. The van der Waals surface area contributed by atoms with Crippen LogP contribution < -0.4 is 15.5 Å². The molecule has 0 heterocycles. The number of nitrogens with one attached hydrogen (secondary N) is 2. The number of halogens is 2. The van der Waals surface area contributed by atoms with Gasteiger partial charge in [0.25, 0.3) is 5.91 Å². The number of carbonyl (C=O) groups is 2. The predicted molar refractivity (Wildman–Crippen MR) is 122 cm³/mol. The lowest BCUT2D eigenvalue weighted by Crippen LogP contribution is -2.37. The first-order valence-corrected chi connectivity index (χ1v) is 10.2. The minimum absolute atomic E-state index is 0.168. The maximum atomic E-state index is 13.3. The quantitative estimate of drug-likeness (QED) is 0.467. The first kappa shape index (κ1) is 22.3. The van der Waals surface area contributed by atoms with E-state index in [0.717, 1.165) is 5.56 Å². The van der Waals surface area contributed by atoms with Crippen LogP contribution in [-0.4, -0.2) is 25.0 Å². The summed E-state index contributed by atoms with van der Waals surface area (Å²) < 4.78 is 13.3. The highest BCUT2D eigenvalue weighted by molar-refractivity contribution is 6.30. The first-order valence-electron chi connectivity index (χ1n) is 9.87. The van der Waals surface area contributed by atoms with E-state index in [0.29, 0.717) is 41.5 Å². The van der Waals surface area contributed by atoms with Gasteiger partial charge in [0.05, 0.1) is 0 Å². The number of urea groups is 1. The zero-order valence-corrected chi connectivity index (χ0v) is 17.8. The van der Waals surface area contributed by atoms with E-state index in [1.807, 2.05) is 19.1 Å². The third-order valence-electron chi connectivity index (χ3n) is 4.64. The second-order valence-electron chi connectivity index (χ2n) is 7.04. The summed E-state index contributed by atoms with van der Waals surface area (Å²) >= 11 is 5.89. The average Bonchev–Trinajstić information content (AvgIpc) is 2.76. The number of benzene rings is 3. The van der Waals surface area contributed by atoms with E-state index in [1.54, 1.807) is 48.5 Å². The summed E-state index contributed by atoms with van der Waals surface area (Å²) in [6.45, 7) is 2.68. The van der Waals surface area contributed by atoms with E-state index in [1.165, 1.54) is 17.0 Å². The van der Waals surface area contributed by atoms with Crippen LogP contribution in [0.2, 0.25) is 5.02 Å². The number of hydrogen-bond donors (Lipinski definition) is 2. The van der Waals surface area contributed by atoms with E-state index in [4.69, 9.17) is 11.6 Å². The van der Waals surface area contributed by atoms with Crippen molar-refractivity contribution < 1.29 is 14.0 Å². The Kier molecular flexibility index (Phi) is 7.62. The third-order valence-corrected chi connectivity index (χ3v) is 4.89. The van der Waals surface area contributed by atoms with Gasteiger partial charge in [-0.05, 0) is 74.0 Å². The molecule has 5 nitrogen and oxygen atoms in total. The Balaban J connectivity index is 1.61. The lowest BCUT2D eigenvalue weighted by Gasteiger charge is -2.23. The van der Waals surface area contributed by atoms with Gasteiger partial charge in [-0.25, -0.2) is 9.18 Å². The Hall–Kier alpha value is -3.38. The molecule has 0 spiro atoms. The van der Waals surface area contributed by atoms with Crippen molar-refractivity contribution in [1.29, 1.82) is 0 Å². The second-order valence-corrected chi connectivity index (χ2v) is 7.48. The molecule has 3 aromatic rings. The fraction of sp³-hybridized carbons (Fsp3) is 0.167. The summed E-state index contributed by atoms with van der Waals surface area (Å²) in [6.07, 6.45) is 0.517. The summed E-state index contributed by atoms with van der Waals surface area (Å²) in [4.78, 5) is 26.6. The Morgan fingerprint density at radius 1 is 0.935 bits per heavy atom. The van der Waals surface area contributed by atoms with Gasteiger partial charge in [0.15, 0.2) is 0 Å². The van der Waals surface area contributed by atoms with E-state index in [-0.39, 0.29) is 17.8 Å². The topological polar surface area (TPSA) is 61.4 Å². The molecule has 160 valence electrons. The maximum Gasteiger partial charge on any atom is 0.326 e. The Morgan fingerprint density at radius 2 is 1.58 bits per heavy atom. The lowest BCUT2D eigenvalue weighted by atomic mass is 10.1. The summed E-state index contributed by atoms with van der Waals surface area (Å²) in [6, 6.07) is 19.4. The number of anilines is 2. The van der Waals surface area contributed by atoms with Crippen LogP contribution in [-0.2, 0) is 0 Å². The molecule has 0 fully saturated rings. The Labute approximate surface area is 185 Å². The highest BCUT2D eigenvalue weighted by Gasteiger charge is 2.16. The zero-order valence-electron chi connectivity index (χ0n) is 17.1. The van der Waals surface area contributed by atoms with Crippen molar-refractivity contribution in [2.45, 2.75) is 13.3 Å². The van der Waals surface area contributed by atoms with Gasteiger partial charge in [0.2, 0.25) is 0 Å². The molecular weight excluding hydrogens is 417 g/mol. The van der Waals surface area contributed by atoms with E-state index < -0.39 is 0 Å². The van der Waals surface area contributed by atoms with Gasteiger partial charge < -0.3 is 10.6 Å². The van der Waals surface area contributed by atoms with Crippen LogP contribution in [0.1, 0.15) is 22.3 Å². The van der Waals surface area contributed by atoms with E-state index >= 15 is 0 Å². The molecule has 0 saturated heterocycles. The summed E-state index contributed by atoms with van der Waals surface area (Å²) in [7, 11) is 0. The Bertz CT molecular complexity index is 1020. The van der Waals surface area contributed by atoms with Crippen LogP contribution in [0.5, 0.6) is 0 Å². The normalized spacial score (nSPS) is 10.4. The zero-order chi connectivity index (χ0) is 22.2. The maximum absolute atomic E-state index is 13.3. The van der Waals surface area contributed by atoms with E-state index in [9.17, 15) is 14.0 Å². The molecule has 0 radical (unpaired) electrons. The number of nitrogens with zero attached hydrogens (tertiary/aromatic N) is 1. The highest BCUT2D eigenvalue weighted by Crippen LogP contribution is 2.19. The molecule has 0 saturated carbocycles. The minimum Gasteiger partial charge on any atom is -0.352 e. The molecule has 0 aliphatic carbocycles. The Morgan fingerprint density at radius 3 is 2.23 bits per heavy atom. The number of carbonyl (C=O) groups excluding carboxylic acids is 2. The molecule has 3 aromatic carbocycles. The number of aryl methyl sites for hydroxylation is 1. The second kappa shape index (κ2) is 10.6. The molecule has 31 heavy (non-hydrogen) atoms. The smallest absolute Gasteiger partial charge is 0.326 e. The van der Waals surface area contributed by atoms with Gasteiger partial charge >= 0.3 is 6.03 Å². The fourth-order valence-electron chi connectivity index (χ4n) is 2.94. The molecule has 2 N–H and O–H groups in total. The van der Waals surface area contributed by atoms with Crippen LogP contribution in [0.4, 0.5) is 20.6 Å². The molecule has 0 atom stereocenters. The van der Waals surface area contributed by atoms with Crippen molar-refractivity contribution in [3.63, 3.8) is 0 Å². The number of amides is 3. The van der Waals surface area contributed by atoms with Crippen molar-refractivity contribution in [2.75, 3.05) is 23.3 Å². The molecule has 3 rings (SSSR count). The molecule has 0 aliphatic rings. The van der Waals surface area contributed by atoms with Gasteiger partial charge in [-0.3, -0.25) is 9.69 Å². The molecular formula is C24H23ClFN3O2. The monoisotopic (exact) mass is 439 g/mol.